The Kier molecular flexibility index (Phi) is 4.52. The molecule has 1 aromatic carbocycles. The number of halogens is 2. The lowest BCUT2D eigenvalue weighted by Gasteiger charge is -2.16. The number of hydrogen-bond acceptors (Lipinski definition) is 3. The minimum atomic E-state index is -0.307. The van der Waals surface area contributed by atoms with E-state index in [-0.39, 0.29) is 11.9 Å². The van der Waals surface area contributed by atoms with Gasteiger partial charge in [-0.05, 0) is 36.6 Å². The molecule has 0 fully saturated rings. The molecule has 4 nitrogen and oxygen atoms in total. The summed E-state index contributed by atoms with van der Waals surface area (Å²) >= 11 is 5.89. The lowest BCUT2D eigenvalue weighted by atomic mass is 10.0. The predicted molar refractivity (Wildman–Crippen MR) is 73.0 cm³/mol. The van der Waals surface area contributed by atoms with Gasteiger partial charge in [0, 0.05) is 29.9 Å². The highest BCUT2D eigenvalue weighted by Crippen LogP contribution is 2.24. The molecule has 0 aliphatic rings. The third-order valence-corrected chi connectivity index (χ3v) is 3.25. The third-order valence-electron chi connectivity index (χ3n) is 3.01. The molecule has 0 amide bonds. The van der Waals surface area contributed by atoms with Crippen molar-refractivity contribution >= 4 is 11.6 Å². The fourth-order valence-electron chi connectivity index (χ4n) is 2.02. The molecule has 3 N–H and O–H groups in total. The van der Waals surface area contributed by atoms with Gasteiger partial charge in [0.25, 0.3) is 0 Å². The van der Waals surface area contributed by atoms with E-state index in [0.29, 0.717) is 17.0 Å². The second kappa shape index (κ2) is 6.14. The number of aryl methyl sites for hydroxylation is 2. The normalized spacial score (nSPS) is 12.6. The number of aromatic nitrogens is 2. The van der Waals surface area contributed by atoms with Crippen molar-refractivity contribution in [3.05, 3.63) is 52.6 Å². The summed E-state index contributed by atoms with van der Waals surface area (Å²) in [5.41, 5.74) is 4.21. The molecule has 1 heterocycles. The summed E-state index contributed by atoms with van der Waals surface area (Å²) in [4.78, 5) is 0. The first-order chi connectivity index (χ1) is 9.10. The highest BCUT2D eigenvalue weighted by atomic mass is 35.5. The molecule has 0 spiro atoms. The number of nitrogens with two attached hydrogens (primary N) is 1. The van der Waals surface area contributed by atoms with Crippen LogP contribution in [0.5, 0.6) is 0 Å². The van der Waals surface area contributed by atoms with E-state index in [0.717, 1.165) is 12.0 Å². The van der Waals surface area contributed by atoms with Crippen LogP contribution in [-0.2, 0) is 13.5 Å². The molecule has 0 aliphatic heterocycles. The molecule has 1 unspecified atom stereocenters. The van der Waals surface area contributed by atoms with E-state index in [9.17, 15) is 4.39 Å². The van der Waals surface area contributed by atoms with E-state index in [4.69, 9.17) is 17.4 Å². The largest absolute Gasteiger partial charge is 0.276 e. The summed E-state index contributed by atoms with van der Waals surface area (Å²) < 4.78 is 15.5. The third kappa shape index (κ3) is 3.53. The SMILES string of the molecule is Cn1cc(CCC(NN)c2cc(Cl)ccc2F)cn1. The molecule has 6 heteroatoms. The monoisotopic (exact) mass is 282 g/mol. The zero-order chi connectivity index (χ0) is 13.8. The van der Waals surface area contributed by atoms with Gasteiger partial charge in [-0.25, -0.2) is 4.39 Å². The second-order valence-electron chi connectivity index (χ2n) is 4.45. The van der Waals surface area contributed by atoms with Crippen molar-refractivity contribution in [3.8, 4) is 0 Å². The molecule has 0 radical (unpaired) electrons. The highest BCUT2D eigenvalue weighted by molar-refractivity contribution is 6.30. The van der Waals surface area contributed by atoms with Crippen LogP contribution in [0.25, 0.3) is 0 Å². The first kappa shape index (κ1) is 14.0. The van der Waals surface area contributed by atoms with Crippen molar-refractivity contribution in [1.82, 2.24) is 15.2 Å². The molecule has 0 saturated carbocycles. The quantitative estimate of drug-likeness (QED) is 0.654. The van der Waals surface area contributed by atoms with E-state index in [1.165, 1.54) is 12.1 Å². The molecule has 1 aromatic heterocycles. The van der Waals surface area contributed by atoms with Gasteiger partial charge in [0.1, 0.15) is 5.82 Å². The van der Waals surface area contributed by atoms with E-state index in [1.807, 2.05) is 13.2 Å². The standard InChI is InChI=1S/C13H16ClFN4/c1-19-8-9(7-17-19)2-5-13(18-16)11-6-10(14)3-4-12(11)15/h3-4,6-8,13,18H,2,5,16H2,1H3. The Morgan fingerprint density at radius 3 is 2.95 bits per heavy atom. The number of nitrogens with one attached hydrogen (secondary N) is 1. The molecule has 0 bridgehead atoms. The number of nitrogens with zero attached hydrogens (tertiary/aromatic N) is 2. The molecular formula is C13H16ClFN4. The first-order valence-electron chi connectivity index (χ1n) is 5.98. The van der Waals surface area contributed by atoms with Crippen molar-refractivity contribution < 1.29 is 4.39 Å². The van der Waals surface area contributed by atoms with E-state index >= 15 is 0 Å². The van der Waals surface area contributed by atoms with Crippen molar-refractivity contribution in [2.45, 2.75) is 18.9 Å². The molecule has 19 heavy (non-hydrogen) atoms. The Balaban J connectivity index is 2.09. The van der Waals surface area contributed by atoms with Crippen LogP contribution in [0.4, 0.5) is 4.39 Å². The van der Waals surface area contributed by atoms with Crippen LogP contribution in [0.2, 0.25) is 5.02 Å². The molecule has 2 aromatic rings. The minimum Gasteiger partial charge on any atom is -0.276 e. The molecular weight excluding hydrogens is 267 g/mol. The summed E-state index contributed by atoms with van der Waals surface area (Å²) in [5, 5.41) is 4.59. The number of hydrogen-bond donors (Lipinski definition) is 2. The average molecular weight is 283 g/mol. The van der Waals surface area contributed by atoms with Gasteiger partial charge in [-0.3, -0.25) is 16.0 Å². The van der Waals surface area contributed by atoms with Crippen LogP contribution in [0.3, 0.4) is 0 Å². The topological polar surface area (TPSA) is 55.9 Å². The lowest BCUT2D eigenvalue weighted by molar-refractivity contribution is 0.485. The van der Waals surface area contributed by atoms with Crippen LogP contribution in [0, 0.1) is 5.82 Å². The van der Waals surface area contributed by atoms with Crippen LogP contribution in [0.15, 0.2) is 30.6 Å². The van der Waals surface area contributed by atoms with Crippen LogP contribution in [0.1, 0.15) is 23.6 Å². The predicted octanol–water partition coefficient (Wildman–Crippen LogP) is 2.35. The van der Waals surface area contributed by atoms with Crippen molar-refractivity contribution in [2.24, 2.45) is 12.9 Å². The average Bonchev–Trinajstić information content (AvgIpc) is 2.80. The zero-order valence-corrected chi connectivity index (χ0v) is 11.4. The van der Waals surface area contributed by atoms with Crippen LogP contribution >= 0.6 is 11.6 Å². The number of benzene rings is 1. The van der Waals surface area contributed by atoms with Crippen molar-refractivity contribution in [1.29, 1.82) is 0 Å². The summed E-state index contributed by atoms with van der Waals surface area (Å²) in [5.74, 6) is 5.21. The second-order valence-corrected chi connectivity index (χ2v) is 4.88. The Hall–Kier alpha value is -1.43. The fourth-order valence-corrected chi connectivity index (χ4v) is 2.20. The Bertz CT molecular complexity index is 555. The maximum atomic E-state index is 13.8. The molecule has 0 aliphatic carbocycles. The van der Waals surface area contributed by atoms with Gasteiger partial charge in [0.15, 0.2) is 0 Å². The summed E-state index contributed by atoms with van der Waals surface area (Å²) in [6, 6.07) is 4.20. The van der Waals surface area contributed by atoms with E-state index in [2.05, 4.69) is 10.5 Å². The Morgan fingerprint density at radius 2 is 2.32 bits per heavy atom. The van der Waals surface area contributed by atoms with E-state index in [1.54, 1.807) is 16.9 Å². The fraction of sp³-hybridized carbons (Fsp3) is 0.308. The maximum absolute atomic E-state index is 13.8. The molecule has 2 rings (SSSR count). The molecule has 102 valence electrons. The van der Waals surface area contributed by atoms with Crippen molar-refractivity contribution in [3.63, 3.8) is 0 Å². The van der Waals surface area contributed by atoms with Gasteiger partial charge >= 0.3 is 0 Å². The number of rotatable bonds is 5. The zero-order valence-electron chi connectivity index (χ0n) is 10.6. The smallest absolute Gasteiger partial charge is 0.128 e. The van der Waals surface area contributed by atoms with Crippen molar-refractivity contribution in [2.75, 3.05) is 0 Å². The number of hydrazine groups is 1. The van der Waals surface area contributed by atoms with Gasteiger partial charge in [-0.15, -0.1) is 0 Å². The van der Waals surface area contributed by atoms with Gasteiger partial charge in [-0.1, -0.05) is 11.6 Å². The van der Waals surface area contributed by atoms with Gasteiger partial charge in [0.2, 0.25) is 0 Å². The van der Waals surface area contributed by atoms with E-state index < -0.39 is 0 Å². The minimum absolute atomic E-state index is 0.279. The van der Waals surface area contributed by atoms with Crippen LogP contribution in [-0.4, -0.2) is 9.78 Å². The lowest BCUT2D eigenvalue weighted by Crippen LogP contribution is -2.29. The Morgan fingerprint density at radius 1 is 1.53 bits per heavy atom. The molecule has 0 saturated heterocycles. The molecule has 1 atom stereocenters. The van der Waals surface area contributed by atoms with Gasteiger partial charge in [0.05, 0.1) is 6.20 Å². The summed E-state index contributed by atoms with van der Waals surface area (Å²) in [7, 11) is 1.86. The summed E-state index contributed by atoms with van der Waals surface area (Å²) in [6.07, 6.45) is 5.15. The van der Waals surface area contributed by atoms with Gasteiger partial charge < -0.3 is 0 Å². The summed E-state index contributed by atoms with van der Waals surface area (Å²) in [6.45, 7) is 0. The van der Waals surface area contributed by atoms with Gasteiger partial charge in [-0.2, -0.15) is 5.10 Å². The Labute approximate surface area is 116 Å². The maximum Gasteiger partial charge on any atom is 0.128 e. The van der Waals surface area contributed by atoms with Crippen LogP contribution < -0.4 is 11.3 Å². The highest BCUT2D eigenvalue weighted by Gasteiger charge is 2.15. The first-order valence-corrected chi connectivity index (χ1v) is 6.36.